The molecule has 0 fully saturated rings. The van der Waals surface area contributed by atoms with Crippen LogP contribution in [0.5, 0.6) is 0 Å². The van der Waals surface area contributed by atoms with Crippen molar-refractivity contribution < 1.29 is 4.79 Å². The van der Waals surface area contributed by atoms with Crippen molar-refractivity contribution in [3.63, 3.8) is 0 Å². The Bertz CT molecular complexity index is 382. The first-order chi connectivity index (χ1) is 6.11. The smallest absolute Gasteiger partial charge is 0.248 e. The number of nitrogens with zero attached hydrogens (tertiary/aromatic N) is 1. The summed E-state index contributed by atoms with van der Waals surface area (Å²) in [5.74, 6) is -0.0272. The van der Waals surface area contributed by atoms with Crippen LogP contribution in [0, 0.1) is 6.92 Å². The van der Waals surface area contributed by atoms with Gasteiger partial charge >= 0.3 is 0 Å². The zero-order chi connectivity index (χ0) is 9.59. The number of likely N-dealkylation sites (N-methyl/N-ethyl adjacent to an activating group) is 1. The molecule has 1 unspecified atom stereocenters. The number of fused-ring (bicyclic) bond motifs is 1. The van der Waals surface area contributed by atoms with Crippen molar-refractivity contribution in [2.75, 3.05) is 11.9 Å². The van der Waals surface area contributed by atoms with Crippen LogP contribution in [0.3, 0.4) is 0 Å². The molecule has 1 heterocycles. The summed E-state index contributed by atoms with van der Waals surface area (Å²) >= 11 is 0. The summed E-state index contributed by atoms with van der Waals surface area (Å²) in [6.45, 7) is 2.00. The summed E-state index contributed by atoms with van der Waals surface area (Å²) in [6.07, 6.45) is 0. The fourth-order valence-corrected chi connectivity index (χ4v) is 1.69. The summed E-state index contributed by atoms with van der Waals surface area (Å²) in [7, 11) is 1.75. The van der Waals surface area contributed by atoms with Crippen LogP contribution in [0.15, 0.2) is 18.2 Å². The molecule has 0 bridgehead atoms. The van der Waals surface area contributed by atoms with E-state index in [1.54, 1.807) is 11.9 Å². The van der Waals surface area contributed by atoms with E-state index in [1.165, 1.54) is 0 Å². The molecule has 2 N–H and O–H groups in total. The molecule has 5 heteroatoms. The van der Waals surface area contributed by atoms with Gasteiger partial charge in [-0.15, -0.1) is 24.8 Å². The van der Waals surface area contributed by atoms with Crippen molar-refractivity contribution in [2.24, 2.45) is 5.73 Å². The first-order valence-electron chi connectivity index (χ1n) is 4.25. The number of amides is 1. The third-order valence-corrected chi connectivity index (χ3v) is 2.48. The highest BCUT2D eigenvalue weighted by Gasteiger charge is 2.31. The van der Waals surface area contributed by atoms with Crippen molar-refractivity contribution in [1.82, 2.24) is 0 Å². The van der Waals surface area contributed by atoms with Gasteiger partial charge in [-0.3, -0.25) is 4.79 Å². The average molecular weight is 249 g/mol. The van der Waals surface area contributed by atoms with Crippen LogP contribution in [0.1, 0.15) is 17.2 Å². The third-order valence-electron chi connectivity index (χ3n) is 2.48. The van der Waals surface area contributed by atoms with E-state index in [-0.39, 0.29) is 30.7 Å². The molecule has 1 aromatic carbocycles. The van der Waals surface area contributed by atoms with Gasteiger partial charge in [-0.1, -0.05) is 17.7 Å². The molecule has 0 aromatic heterocycles. The van der Waals surface area contributed by atoms with E-state index in [0.29, 0.717) is 0 Å². The molecule has 0 radical (unpaired) electrons. The minimum Gasteiger partial charge on any atom is -0.316 e. The lowest BCUT2D eigenvalue weighted by molar-refractivity contribution is -0.118. The highest BCUT2D eigenvalue weighted by molar-refractivity contribution is 6.04. The van der Waals surface area contributed by atoms with Gasteiger partial charge in [-0.2, -0.15) is 0 Å². The number of hydrogen-bond donors (Lipinski definition) is 1. The van der Waals surface area contributed by atoms with Gasteiger partial charge in [0.15, 0.2) is 0 Å². The molecule has 1 aliphatic heterocycles. The van der Waals surface area contributed by atoms with E-state index in [2.05, 4.69) is 0 Å². The van der Waals surface area contributed by atoms with Crippen LogP contribution in [0.25, 0.3) is 0 Å². The zero-order valence-electron chi connectivity index (χ0n) is 8.56. The average Bonchev–Trinajstić information content (AvgIpc) is 2.32. The predicted octanol–water partition coefficient (Wildman–Crippen LogP) is 1.81. The lowest BCUT2D eigenvalue weighted by atomic mass is 10.1. The second-order valence-electron chi connectivity index (χ2n) is 3.44. The molecule has 1 aliphatic rings. The second-order valence-corrected chi connectivity index (χ2v) is 3.44. The third kappa shape index (κ3) is 2.09. The lowest BCUT2D eigenvalue weighted by Gasteiger charge is -2.09. The fourth-order valence-electron chi connectivity index (χ4n) is 1.69. The Morgan fingerprint density at radius 2 is 1.93 bits per heavy atom. The quantitative estimate of drug-likeness (QED) is 0.762. The Kier molecular flexibility index (Phi) is 4.59. The lowest BCUT2D eigenvalue weighted by Crippen LogP contribution is -2.27. The Labute approximate surface area is 101 Å². The number of rotatable bonds is 0. The van der Waals surface area contributed by atoms with Crippen molar-refractivity contribution >= 4 is 36.4 Å². The van der Waals surface area contributed by atoms with E-state index in [9.17, 15) is 4.79 Å². The molecule has 0 saturated heterocycles. The maximum atomic E-state index is 11.5. The molecule has 0 aliphatic carbocycles. The zero-order valence-corrected chi connectivity index (χ0v) is 10.2. The molecule has 1 atom stereocenters. The number of aryl methyl sites for hydroxylation is 1. The first kappa shape index (κ1) is 14.2. The van der Waals surface area contributed by atoms with Crippen LogP contribution in [-0.4, -0.2) is 13.0 Å². The van der Waals surface area contributed by atoms with Crippen LogP contribution in [0.2, 0.25) is 0 Å². The van der Waals surface area contributed by atoms with E-state index in [4.69, 9.17) is 5.73 Å². The highest BCUT2D eigenvalue weighted by Crippen LogP contribution is 2.33. The van der Waals surface area contributed by atoms with Crippen LogP contribution >= 0.6 is 24.8 Å². The summed E-state index contributed by atoms with van der Waals surface area (Å²) in [4.78, 5) is 13.1. The molecule has 2 rings (SSSR count). The standard InChI is InChI=1S/C10H12N2O.2ClH/c1-6-3-4-8-7(5-6)9(11)10(13)12(8)2;;/h3-5,9H,11H2,1-2H3;2*1H. The maximum absolute atomic E-state index is 11.5. The summed E-state index contributed by atoms with van der Waals surface area (Å²) in [6, 6.07) is 5.43. The van der Waals surface area contributed by atoms with E-state index in [1.807, 2.05) is 25.1 Å². The topological polar surface area (TPSA) is 46.3 Å². The molecule has 84 valence electrons. The van der Waals surface area contributed by atoms with Crippen molar-refractivity contribution in [1.29, 1.82) is 0 Å². The molecule has 0 spiro atoms. The molecule has 0 saturated carbocycles. The minimum absolute atomic E-state index is 0. The Hall–Kier alpha value is -0.770. The summed E-state index contributed by atoms with van der Waals surface area (Å²) in [5, 5.41) is 0. The van der Waals surface area contributed by atoms with Crippen molar-refractivity contribution in [2.45, 2.75) is 13.0 Å². The molecular weight excluding hydrogens is 235 g/mol. The molecular formula is C10H14Cl2N2O. The monoisotopic (exact) mass is 248 g/mol. The van der Waals surface area contributed by atoms with Gasteiger partial charge in [-0.25, -0.2) is 0 Å². The van der Waals surface area contributed by atoms with Gasteiger partial charge in [0.2, 0.25) is 5.91 Å². The largest absolute Gasteiger partial charge is 0.316 e. The van der Waals surface area contributed by atoms with Gasteiger partial charge < -0.3 is 10.6 Å². The van der Waals surface area contributed by atoms with E-state index >= 15 is 0 Å². The number of carbonyl (C=O) groups is 1. The van der Waals surface area contributed by atoms with Crippen molar-refractivity contribution in [3.8, 4) is 0 Å². The number of hydrogen-bond acceptors (Lipinski definition) is 2. The first-order valence-corrected chi connectivity index (χ1v) is 4.25. The Balaban J connectivity index is 0.000000980. The Morgan fingerprint density at radius 1 is 1.33 bits per heavy atom. The Morgan fingerprint density at radius 3 is 2.53 bits per heavy atom. The van der Waals surface area contributed by atoms with Gasteiger partial charge in [0.25, 0.3) is 0 Å². The normalized spacial score (nSPS) is 17.9. The maximum Gasteiger partial charge on any atom is 0.248 e. The number of anilines is 1. The van der Waals surface area contributed by atoms with E-state index in [0.717, 1.165) is 16.8 Å². The number of nitrogens with two attached hydrogens (primary N) is 1. The molecule has 15 heavy (non-hydrogen) atoms. The van der Waals surface area contributed by atoms with Crippen molar-refractivity contribution in [3.05, 3.63) is 29.3 Å². The van der Waals surface area contributed by atoms with Gasteiger partial charge in [0.1, 0.15) is 6.04 Å². The fraction of sp³-hybridized carbons (Fsp3) is 0.300. The minimum atomic E-state index is -0.472. The number of carbonyl (C=O) groups excluding carboxylic acids is 1. The predicted molar refractivity (Wildman–Crippen MR) is 66.0 cm³/mol. The SMILES string of the molecule is Cc1ccc2c(c1)C(N)C(=O)N2C.Cl.Cl. The highest BCUT2D eigenvalue weighted by atomic mass is 35.5. The number of benzene rings is 1. The summed E-state index contributed by atoms with van der Waals surface area (Å²) in [5.41, 5.74) is 8.77. The van der Waals surface area contributed by atoms with Gasteiger partial charge in [0, 0.05) is 18.3 Å². The van der Waals surface area contributed by atoms with E-state index < -0.39 is 6.04 Å². The molecule has 3 nitrogen and oxygen atoms in total. The molecule has 1 aromatic rings. The molecule has 1 amide bonds. The summed E-state index contributed by atoms with van der Waals surface area (Å²) < 4.78 is 0. The second kappa shape index (κ2) is 4.84. The van der Waals surface area contributed by atoms with Crippen LogP contribution in [0.4, 0.5) is 5.69 Å². The van der Waals surface area contributed by atoms with Crippen LogP contribution in [-0.2, 0) is 4.79 Å². The van der Waals surface area contributed by atoms with Gasteiger partial charge in [-0.05, 0) is 13.0 Å². The van der Waals surface area contributed by atoms with Gasteiger partial charge in [0.05, 0.1) is 0 Å². The number of halogens is 2. The van der Waals surface area contributed by atoms with Crippen LogP contribution < -0.4 is 10.6 Å².